The first-order valence-electron chi connectivity index (χ1n) is 9.99. The fourth-order valence-corrected chi connectivity index (χ4v) is 6.11. The third-order valence-electron chi connectivity index (χ3n) is 5.39. The smallest absolute Gasteiger partial charge is 0.267 e. The highest BCUT2D eigenvalue weighted by Crippen LogP contribution is 2.45. The molecule has 0 aromatic heterocycles. The van der Waals surface area contributed by atoms with Crippen LogP contribution in [0.3, 0.4) is 0 Å². The molecule has 0 fully saturated rings. The van der Waals surface area contributed by atoms with E-state index in [4.69, 9.17) is 0 Å². The summed E-state index contributed by atoms with van der Waals surface area (Å²) in [4.78, 5) is 62.1. The number of nitro groups is 2. The molecule has 37 heavy (non-hydrogen) atoms. The average Bonchev–Trinajstić information content (AvgIpc) is 3.14. The van der Waals surface area contributed by atoms with Gasteiger partial charge in [0, 0.05) is 41.7 Å². The number of halogens is 4. The summed E-state index contributed by atoms with van der Waals surface area (Å²) in [5.41, 5.74) is -0.688. The average molecular weight is 762 g/mol. The summed E-state index contributed by atoms with van der Waals surface area (Å²) in [5.74, 6) is -2.59. The number of nitrogens with zero attached hydrogens (tertiary/aromatic N) is 4. The Bertz CT molecular complexity index is 1480. The number of rotatable bonds is 6. The Hall–Kier alpha value is -3.01. The molecule has 0 aliphatic carbocycles. The molecule has 0 unspecified atom stereocenters. The molecule has 1 aliphatic heterocycles. The molecule has 0 saturated heterocycles. The highest BCUT2D eigenvalue weighted by Gasteiger charge is 2.46. The van der Waals surface area contributed by atoms with Crippen molar-refractivity contribution >= 4 is 92.8 Å². The monoisotopic (exact) mass is 758 g/mol. The van der Waals surface area contributed by atoms with Gasteiger partial charge in [-0.1, -0.05) is 18.2 Å². The van der Waals surface area contributed by atoms with Crippen LogP contribution in [0.2, 0.25) is 0 Å². The van der Waals surface area contributed by atoms with Crippen molar-refractivity contribution in [3.05, 3.63) is 109 Å². The van der Waals surface area contributed by atoms with E-state index in [2.05, 4.69) is 63.7 Å². The molecule has 1 heterocycles. The summed E-state index contributed by atoms with van der Waals surface area (Å²) < 4.78 is 1.39. The van der Waals surface area contributed by atoms with Gasteiger partial charge in [0.25, 0.3) is 29.1 Å². The second kappa shape index (κ2) is 10.4. The van der Waals surface area contributed by atoms with Crippen molar-refractivity contribution in [2.45, 2.75) is 6.54 Å². The number of para-hydroxylation sites is 1. The number of hydrazine groups is 1. The number of imide groups is 1. The highest BCUT2D eigenvalue weighted by molar-refractivity contribution is 9.15. The molecule has 15 heteroatoms. The Kier molecular flexibility index (Phi) is 7.60. The molecular formula is C22H10Br4N4O7. The van der Waals surface area contributed by atoms with Gasteiger partial charge in [-0.05, 0) is 75.9 Å². The zero-order valence-electron chi connectivity index (χ0n) is 18.0. The number of hydrogen-bond acceptors (Lipinski definition) is 7. The Labute approximate surface area is 241 Å². The third kappa shape index (κ3) is 4.71. The summed E-state index contributed by atoms with van der Waals surface area (Å²) in [6, 6.07) is 10.1. The van der Waals surface area contributed by atoms with Crippen LogP contribution in [0, 0.1) is 20.2 Å². The predicted molar refractivity (Wildman–Crippen MR) is 144 cm³/mol. The Balaban J connectivity index is 1.87. The van der Waals surface area contributed by atoms with Crippen LogP contribution in [-0.2, 0) is 6.54 Å². The predicted octanol–water partition coefficient (Wildman–Crippen LogP) is 6.41. The van der Waals surface area contributed by atoms with Crippen molar-refractivity contribution in [3.63, 3.8) is 0 Å². The molecule has 3 aromatic carbocycles. The molecule has 188 valence electrons. The number of carbonyl (C=O) groups is 3. The van der Waals surface area contributed by atoms with E-state index in [1.54, 1.807) is 0 Å². The van der Waals surface area contributed by atoms with Crippen molar-refractivity contribution in [1.82, 2.24) is 10.0 Å². The summed E-state index contributed by atoms with van der Waals surface area (Å²) in [6.45, 7) is -0.518. The summed E-state index contributed by atoms with van der Waals surface area (Å²) in [5, 5.41) is 24.0. The van der Waals surface area contributed by atoms with Gasteiger partial charge in [0.1, 0.15) is 0 Å². The highest BCUT2D eigenvalue weighted by atomic mass is 79.9. The molecule has 0 radical (unpaired) electrons. The molecule has 11 nitrogen and oxygen atoms in total. The maximum absolute atomic E-state index is 13.6. The van der Waals surface area contributed by atoms with Crippen molar-refractivity contribution in [2.75, 3.05) is 0 Å². The lowest BCUT2D eigenvalue weighted by atomic mass is 10.1. The molecule has 0 saturated carbocycles. The second-order valence-electron chi connectivity index (χ2n) is 7.48. The SMILES string of the molecule is O=C(c1ccc([N+](=O)[O-])cc1)N(Cc1ccccc1[N+](=O)[O-])N1C(=O)c2c(Br)c(Br)c(Br)c(Br)c2C1=O. The van der Waals surface area contributed by atoms with Crippen molar-refractivity contribution in [1.29, 1.82) is 0 Å². The topological polar surface area (TPSA) is 144 Å². The van der Waals surface area contributed by atoms with E-state index in [0.717, 1.165) is 17.1 Å². The van der Waals surface area contributed by atoms with Crippen molar-refractivity contribution in [3.8, 4) is 0 Å². The maximum atomic E-state index is 13.6. The minimum Gasteiger partial charge on any atom is -0.267 e. The molecule has 0 N–H and O–H groups in total. The van der Waals surface area contributed by atoms with E-state index < -0.39 is 34.1 Å². The Morgan fingerprint density at radius 3 is 1.78 bits per heavy atom. The lowest BCUT2D eigenvalue weighted by Crippen LogP contribution is -2.49. The van der Waals surface area contributed by atoms with Crippen LogP contribution in [-0.4, -0.2) is 37.6 Å². The van der Waals surface area contributed by atoms with E-state index in [1.807, 2.05) is 0 Å². The lowest BCUT2D eigenvalue weighted by Gasteiger charge is -2.30. The fourth-order valence-electron chi connectivity index (χ4n) is 3.65. The number of amides is 3. The number of nitro benzene ring substituents is 2. The van der Waals surface area contributed by atoms with E-state index in [0.29, 0.717) is 14.0 Å². The quantitative estimate of drug-likeness (QED) is 0.0929. The van der Waals surface area contributed by atoms with Gasteiger partial charge in [-0.3, -0.25) is 34.6 Å². The van der Waals surface area contributed by atoms with Gasteiger partial charge >= 0.3 is 0 Å². The van der Waals surface area contributed by atoms with E-state index in [-0.39, 0.29) is 42.6 Å². The lowest BCUT2D eigenvalue weighted by molar-refractivity contribution is -0.385. The van der Waals surface area contributed by atoms with Crippen LogP contribution >= 0.6 is 63.7 Å². The summed E-state index contributed by atoms with van der Waals surface area (Å²) in [7, 11) is 0. The molecule has 3 aromatic rings. The zero-order valence-corrected chi connectivity index (χ0v) is 24.3. The van der Waals surface area contributed by atoms with Gasteiger partial charge in [0.2, 0.25) is 0 Å². The first kappa shape index (κ1) is 27.0. The van der Waals surface area contributed by atoms with Gasteiger partial charge in [0.05, 0.1) is 33.1 Å². The Morgan fingerprint density at radius 1 is 0.784 bits per heavy atom. The second-order valence-corrected chi connectivity index (χ2v) is 10.7. The fraction of sp³-hybridized carbons (Fsp3) is 0.0455. The van der Waals surface area contributed by atoms with Crippen LogP contribution in [0.15, 0.2) is 66.4 Å². The normalized spacial score (nSPS) is 12.5. The molecule has 0 spiro atoms. The standard InChI is InChI=1S/C22H10Br4N4O7/c23-16-14-15(17(24)19(26)18(16)25)22(33)28(21(14)32)27(9-11-3-1-2-4-13(11)30(36)37)20(31)10-5-7-12(8-6-10)29(34)35/h1-8H,9H2. The first-order valence-corrected chi connectivity index (χ1v) is 13.2. The van der Waals surface area contributed by atoms with Gasteiger partial charge in [-0.2, -0.15) is 5.01 Å². The van der Waals surface area contributed by atoms with Crippen LogP contribution < -0.4 is 0 Å². The molecular weight excluding hydrogens is 752 g/mol. The number of benzene rings is 3. The molecule has 3 amide bonds. The zero-order chi connectivity index (χ0) is 27.2. The number of hydrogen-bond donors (Lipinski definition) is 0. The maximum Gasteiger partial charge on any atom is 0.282 e. The van der Waals surface area contributed by atoms with Crippen LogP contribution in [0.1, 0.15) is 36.6 Å². The van der Waals surface area contributed by atoms with Crippen LogP contribution in [0.25, 0.3) is 0 Å². The van der Waals surface area contributed by atoms with Gasteiger partial charge in [-0.25, -0.2) is 5.01 Å². The van der Waals surface area contributed by atoms with Crippen molar-refractivity contribution < 1.29 is 24.2 Å². The molecule has 0 atom stereocenters. The van der Waals surface area contributed by atoms with E-state index in [9.17, 15) is 34.6 Å². The van der Waals surface area contributed by atoms with Gasteiger partial charge < -0.3 is 0 Å². The summed E-state index contributed by atoms with van der Waals surface area (Å²) in [6.07, 6.45) is 0. The largest absolute Gasteiger partial charge is 0.282 e. The summed E-state index contributed by atoms with van der Waals surface area (Å²) >= 11 is 13.3. The Morgan fingerprint density at radius 2 is 1.30 bits per heavy atom. The number of fused-ring (bicyclic) bond motifs is 1. The number of carbonyl (C=O) groups excluding carboxylic acids is 3. The molecule has 4 rings (SSSR count). The van der Waals surface area contributed by atoms with E-state index >= 15 is 0 Å². The first-order chi connectivity index (χ1) is 17.5. The molecule has 1 aliphatic rings. The third-order valence-corrected chi connectivity index (χ3v) is 10.2. The van der Waals surface area contributed by atoms with Gasteiger partial charge in [-0.15, -0.1) is 0 Å². The van der Waals surface area contributed by atoms with Crippen molar-refractivity contribution in [2.24, 2.45) is 0 Å². The van der Waals surface area contributed by atoms with Gasteiger partial charge in [0.15, 0.2) is 0 Å². The van der Waals surface area contributed by atoms with Crippen LogP contribution in [0.4, 0.5) is 11.4 Å². The number of non-ortho nitro benzene ring substituents is 1. The van der Waals surface area contributed by atoms with E-state index in [1.165, 1.54) is 36.4 Å². The minimum absolute atomic E-state index is 0.0315. The van der Waals surface area contributed by atoms with Crippen LogP contribution in [0.5, 0.6) is 0 Å². The minimum atomic E-state index is -0.882. The molecule has 0 bridgehead atoms.